The first-order chi connectivity index (χ1) is 13.5. The van der Waals surface area contributed by atoms with Crippen LogP contribution in [0.5, 0.6) is 0 Å². The van der Waals surface area contributed by atoms with Crippen molar-refractivity contribution in [3.8, 4) is 0 Å². The van der Waals surface area contributed by atoms with E-state index in [0.717, 1.165) is 51.4 Å². The molecule has 0 radical (unpaired) electrons. The molecule has 28 heavy (non-hydrogen) atoms. The van der Waals surface area contributed by atoms with Crippen molar-refractivity contribution >= 4 is 36.7 Å². The number of nitrogens with one attached hydrogen (secondary N) is 1. The Balaban J connectivity index is 1.51. The molecular weight excluding hydrogens is 399 g/mol. The molecule has 1 fully saturated rings. The number of carbonyl (C=O) groups excluding carboxylic acids is 3. The van der Waals surface area contributed by atoms with Gasteiger partial charge in [-0.3, -0.25) is 19.3 Å². The van der Waals surface area contributed by atoms with Crippen molar-refractivity contribution in [2.24, 2.45) is 11.8 Å². The predicted octanol–water partition coefficient (Wildman–Crippen LogP) is 2.83. The summed E-state index contributed by atoms with van der Waals surface area (Å²) in [5.74, 6) is 0.0372. The fourth-order valence-electron chi connectivity index (χ4n) is 3.60. The van der Waals surface area contributed by atoms with Gasteiger partial charge in [-0.2, -0.15) is 0 Å². The molecule has 1 aliphatic heterocycles. The third-order valence-electron chi connectivity index (χ3n) is 5.27. The smallest absolute Gasteiger partial charge is 0.356 e. The highest BCUT2D eigenvalue weighted by Gasteiger charge is 2.31. The maximum absolute atomic E-state index is 12.3. The van der Waals surface area contributed by atoms with Crippen LogP contribution in [-0.4, -0.2) is 49.4 Å². The number of amides is 3. The molecule has 7 nitrogen and oxygen atoms in total. The topological polar surface area (TPSA) is 84.9 Å². The molecule has 1 heterocycles. The van der Waals surface area contributed by atoms with Crippen molar-refractivity contribution in [1.29, 1.82) is 0 Å². The van der Waals surface area contributed by atoms with Crippen molar-refractivity contribution in [3.05, 3.63) is 12.2 Å². The summed E-state index contributed by atoms with van der Waals surface area (Å²) in [5, 5.41) is 3.04. The quantitative estimate of drug-likeness (QED) is 0.292. The molecule has 0 bridgehead atoms. The zero-order valence-electron chi connectivity index (χ0n) is 16.4. The average Bonchev–Trinajstić information content (AvgIpc) is 3.02. The van der Waals surface area contributed by atoms with Gasteiger partial charge in [-0.15, -0.1) is 9.05 Å². The van der Waals surface area contributed by atoms with E-state index in [1.54, 1.807) is 7.11 Å². The molecule has 0 aromatic heterocycles. The van der Waals surface area contributed by atoms with Crippen LogP contribution in [0.1, 0.15) is 51.4 Å². The second kappa shape index (κ2) is 12.4. The Morgan fingerprint density at radius 2 is 1.79 bits per heavy atom. The van der Waals surface area contributed by atoms with Crippen LogP contribution in [-0.2, 0) is 35.2 Å². The maximum atomic E-state index is 12.3. The lowest BCUT2D eigenvalue weighted by molar-refractivity contribution is -0.138. The number of imide groups is 1. The van der Waals surface area contributed by atoms with E-state index in [-0.39, 0.29) is 23.6 Å². The molecule has 0 spiro atoms. The average molecular weight is 429 g/mol. The van der Waals surface area contributed by atoms with E-state index in [1.807, 2.05) is 0 Å². The maximum Gasteiger partial charge on any atom is 0.521 e. The normalized spacial score (nSPS) is 22.6. The van der Waals surface area contributed by atoms with Crippen LogP contribution >= 0.6 is 7.15 Å². The minimum absolute atomic E-state index is 0.0492. The van der Waals surface area contributed by atoms with Crippen molar-refractivity contribution in [2.75, 3.05) is 26.8 Å². The monoisotopic (exact) mass is 429 g/mol. The van der Waals surface area contributed by atoms with Crippen molar-refractivity contribution in [3.63, 3.8) is 0 Å². The zero-order valence-corrected chi connectivity index (χ0v) is 18.1. The van der Waals surface area contributed by atoms with Crippen LogP contribution < -0.4 is 5.32 Å². The van der Waals surface area contributed by atoms with E-state index in [1.165, 1.54) is 17.1 Å². The molecule has 1 N–H and O–H groups in total. The minimum Gasteiger partial charge on any atom is -0.356 e. The van der Waals surface area contributed by atoms with Gasteiger partial charge in [0.2, 0.25) is 17.7 Å². The van der Waals surface area contributed by atoms with Crippen LogP contribution in [0, 0.1) is 11.8 Å². The van der Waals surface area contributed by atoms with Crippen LogP contribution in [0.25, 0.3) is 0 Å². The Bertz CT molecular complexity index is 587. The molecule has 2 aliphatic rings. The first-order valence-corrected chi connectivity index (χ1v) is 12.2. The molecule has 0 aromatic carbocycles. The summed E-state index contributed by atoms with van der Waals surface area (Å²) in [4.78, 5) is 36.9. The summed E-state index contributed by atoms with van der Waals surface area (Å²) in [6.45, 7) is 1.80. The summed E-state index contributed by atoms with van der Waals surface area (Å²) in [6, 6.07) is 0. The van der Waals surface area contributed by atoms with E-state index in [2.05, 4.69) is 5.32 Å². The fourth-order valence-corrected chi connectivity index (χ4v) is 4.21. The first kappa shape index (κ1) is 23.1. The summed E-state index contributed by atoms with van der Waals surface area (Å²) >= 11 is 4.94. The van der Waals surface area contributed by atoms with Gasteiger partial charge in [0.05, 0.1) is 7.11 Å². The molecule has 1 atom stereocenters. The van der Waals surface area contributed by atoms with Gasteiger partial charge >= 0.3 is 7.15 Å². The van der Waals surface area contributed by atoms with E-state index in [0.29, 0.717) is 25.6 Å². The second-order valence-electron chi connectivity index (χ2n) is 7.28. The molecule has 1 saturated carbocycles. The first-order valence-electron chi connectivity index (χ1n) is 9.96. The highest BCUT2D eigenvalue weighted by Crippen LogP contribution is 2.30. The molecule has 1 aliphatic carbocycles. The Morgan fingerprint density at radius 3 is 2.43 bits per heavy atom. The van der Waals surface area contributed by atoms with E-state index in [9.17, 15) is 14.4 Å². The summed E-state index contributed by atoms with van der Waals surface area (Å²) < 4.78 is 10.2. The molecule has 9 heteroatoms. The highest BCUT2D eigenvalue weighted by atomic mass is 32.4. The molecule has 1 unspecified atom stereocenters. The van der Waals surface area contributed by atoms with Crippen molar-refractivity contribution in [1.82, 2.24) is 10.2 Å². The lowest BCUT2D eigenvalue weighted by Gasteiger charge is -2.30. The molecule has 0 saturated heterocycles. The van der Waals surface area contributed by atoms with Crippen molar-refractivity contribution in [2.45, 2.75) is 51.4 Å². The van der Waals surface area contributed by atoms with E-state index < -0.39 is 7.15 Å². The predicted molar refractivity (Wildman–Crippen MR) is 110 cm³/mol. The summed E-state index contributed by atoms with van der Waals surface area (Å²) in [5.41, 5.74) is 0. The van der Waals surface area contributed by atoms with Gasteiger partial charge in [0, 0.05) is 31.2 Å². The second-order valence-corrected chi connectivity index (χ2v) is 9.25. The zero-order chi connectivity index (χ0) is 20.4. The molecular formula is C19H30N2O5PS+. The Morgan fingerprint density at radius 1 is 1.14 bits per heavy atom. The lowest BCUT2D eigenvalue weighted by Crippen LogP contribution is -2.38. The number of unbranched alkanes of at least 4 members (excludes halogenated alkanes) is 3. The van der Waals surface area contributed by atoms with Crippen LogP contribution in [0.4, 0.5) is 0 Å². The number of hydrogen-bond donors (Lipinski definition) is 1. The Kier molecular flexibility index (Phi) is 10.2. The van der Waals surface area contributed by atoms with Crippen LogP contribution in [0.3, 0.4) is 0 Å². The van der Waals surface area contributed by atoms with Gasteiger partial charge in [-0.25, -0.2) is 0 Å². The van der Waals surface area contributed by atoms with Crippen LogP contribution in [0.2, 0.25) is 0 Å². The number of rotatable bonds is 12. The largest absolute Gasteiger partial charge is 0.521 e. The summed E-state index contributed by atoms with van der Waals surface area (Å²) in [6.07, 6.45) is 10.0. The molecule has 3 amide bonds. The van der Waals surface area contributed by atoms with Crippen molar-refractivity contribution < 1.29 is 23.4 Å². The Labute approximate surface area is 172 Å². The number of nitrogens with zero attached hydrogens (tertiary/aromatic N) is 1. The molecule has 2 rings (SSSR count). The van der Waals surface area contributed by atoms with E-state index >= 15 is 0 Å². The Hall–Kier alpha value is -1.21. The van der Waals surface area contributed by atoms with Gasteiger partial charge in [0.25, 0.3) is 11.8 Å². The van der Waals surface area contributed by atoms with Gasteiger partial charge < -0.3 is 5.32 Å². The lowest BCUT2D eigenvalue weighted by atomic mass is 9.81. The van der Waals surface area contributed by atoms with E-state index in [4.69, 9.17) is 20.9 Å². The third kappa shape index (κ3) is 7.66. The molecule has 0 aromatic rings. The minimum atomic E-state index is -1.15. The highest BCUT2D eigenvalue weighted by molar-refractivity contribution is 8.00. The fraction of sp³-hybridized carbons (Fsp3) is 0.737. The number of carbonyl (C=O) groups is 3. The standard InChI is InChI=1S/C19H29N2O5PS/c1-25-27(28)26-13-5-3-2-4-12-20-19(24)16-8-6-15(7-9-16)14-21-17(22)10-11-18(21)23/h10-11,15-16H,2-9,12-14H2,1H3/p+1. The number of hydrogen-bond acceptors (Lipinski definition) is 6. The van der Waals surface area contributed by atoms with Gasteiger partial charge in [-0.1, -0.05) is 12.8 Å². The third-order valence-corrected chi connectivity index (χ3v) is 6.73. The summed E-state index contributed by atoms with van der Waals surface area (Å²) in [7, 11) is 0.409. The van der Waals surface area contributed by atoms with Crippen LogP contribution in [0.15, 0.2) is 12.2 Å². The van der Waals surface area contributed by atoms with Gasteiger partial charge in [-0.05, 0) is 44.4 Å². The molecule has 156 valence electrons. The SMILES string of the molecule is CO[P+](=S)OCCCCCCNC(=O)C1CCC(CN2C(=O)C=CC2=O)CC1. The van der Waals surface area contributed by atoms with Gasteiger partial charge in [0.15, 0.2) is 0 Å². The van der Waals surface area contributed by atoms with Gasteiger partial charge in [0.1, 0.15) is 6.61 Å².